The molecule has 0 aromatic heterocycles. The van der Waals surface area contributed by atoms with E-state index < -0.39 is 46.2 Å². The fraction of sp³-hybridized carbons (Fsp3) is 0.355. The van der Waals surface area contributed by atoms with Crippen molar-refractivity contribution >= 4 is 27.5 Å². The summed E-state index contributed by atoms with van der Waals surface area (Å²) in [5.74, 6) is -0.550. The number of nitrogens with one attached hydrogen (secondary N) is 1. The van der Waals surface area contributed by atoms with Crippen molar-refractivity contribution in [2.24, 2.45) is 5.92 Å². The second-order valence-electron chi connectivity index (χ2n) is 10.3. The van der Waals surface area contributed by atoms with Crippen LogP contribution in [0.3, 0.4) is 0 Å². The standard InChI is InChI=1S/C31H36F3N3O5S/c1-5-28(30(39)35-19-22(2)3)36(20-23-11-9-14-26(17-23)42-4)29(38)21-37(43(40,41)27-15-7-6-8-16-27)25-13-10-12-24(18-25)31(32,33)34/h6-18,22,28H,5,19-21H2,1-4H3,(H,35,39)/t28-/m0/s1. The number of nitrogens with zero attached hydrogens (tertiary/aromatic N) is 2. The van der Waals surface area contributed by atoms with Gasteiger partial charge in [-0.1, -0.05) is 57.2 Å². The number of sulfonamides is 1. The molecule has 0 heterocycles. The fourth-order valence-electron chi connectivity index (χ4n) is 4.40. The molecule has 0 bridgehead atoms. The molecule has 1 atom stereocenters. The van der Waals surface area contributed by atoms with E-state index in [0.29, 0.717) is 28.2 Å². The van der Waals surface area contributed by atoms with Crippen molar-refractivity contribution in [1.29, 1.82) is 0 Å². The normalized spacial score (nSPS) is 12.5. The smallest absolute Gasteiger partial charge is 0.416 e. The van der Waals surface area contributed by atoms with E-state index in [0.717, 1.165) is 12.1 Å². The molecule has 0 fully saturated rings. The molecule has 0 unspecified atom stereocenters. The van der Waals surface area contributed by atoms with E-state index in [1.54, 1.807) is 37.3 Å². The van der Waals surface area contributed by atoms with Crippen LogP contribution >= 0.6 is 0 Å². The van der Waals surface area contributed by atoms with E-state index in [9.17, 15) is 31.2 Å². The van der Waals surface area contributed by atoms with Gasteiger partial charge in [0.15, 0.2) is 0 Å². The number of alkyl halides is 3. The lowest BCUT2D eigenvalue weighted by molar-refractivity contribution is -0.140. The van der Waals surface area contributed by atoms with Crippen LogP contribution in [0.25, 0.3) is 0 Å². The van der Waals surface area contributed by atoms with Gasteiger partial charge in [-0.2, -0.15) is 13.2 Å². The summed E-state index contributed by atoms with van der Waals surface area (Å²) in [5.41, 5.74) is -0.802. The van der Waals surface area contributed by atoms with Crippen molar-refractivity contribution in [2.75, 3.05) is 24.5 Å². The Morgan fingerprint density at radius 3 is 2.23 bits per heavy atom. The Balaban J connectivity index is 2.10. The van der Waals surface area contributed by atoms with Crippen molar-refractivity contribution in [1.82, 2.24) is 10.2 Å². The zero-order valence-electron chi connectivity index (χ0n) is 24.5. The Kier molecular flexibility index (Phi) is 11.2. The Hall–Kier alpha value is -4.06. The molecule has 232 valence electrons. The van der Waals surface area contributed by atoms with Gasteiger partial charge in [-0.15, -0.1) is 0 Å². The molecule has 0 aliphatic heterocycles. The Labute approximate surface area is 250 Å². The number of rotatable bonds is 13. The summed E-state index contributed by atoms with van der Waals surface area (Å²) in [7, 11) is -3.02. The van der Waals surface area contributed by atoms with Gasteiger partial charge in [0.1, 0.15) is 18.3 Å². The van der Waals surface area contributed by atoms with Crippen LogP contribution in [0.2, 0.25) is 0 Å². The van der Waals surface area contributed by atoms with Gasteiger partial charge in [0.2, 0.25) is 11.8 Å². The van der Waals surface area contributed by atoms with Crippen molar-refractivity contribution < 1.29 is 35.9 Å². The zero-order valence-corrected chi connectivity index (χ0v) is 25.3. The minimum Gasteiger partial charge on any atom is -0.497 e. The molecular formula is C31H36F3N3O5S. The number of carbonyl (C=O) groups is 2. The highest BCUT2D eigenvalue weighted by atomic mass is 32.2. The van der Waals surface area contributed by atoms with Gasteiger partial charge in [-0.05, 0) is 60.4 Å². The maximum absolute atomic E-state index is 14.1. The number of hydrogen-bond acceptors (Lipinski definition) is 5. The van der Waals surface area contributed by atoms with Crippen molar-refractivity contribution in [3.8, 4) is 5.75 Å². The monoisotopic (exact) mass is 619 g/mol. The van der Waals surface area contributed by atoms with Gasteiger partial charge in [0.25, 0.3) is 10.0 Å². The number of ether oxygens (including phenoxy) is 1. The third kappa shape index (κ3) is 8.73. The van der Waals surface area contributed by atoms with E-state index in [2.05, 4.69) is 5.32 Å². The molecule has 1 N–H and O–H groups in total. The molecular weight excluding hydrogens is 583 g/mol. The largest absolute Gasteiger partial charge is 0.497 e. The molecule has 0 saturated heterocycles. The number of amides is 2. The fourth-order valence-corrected chi connectivity index (χ4v) is 5.82. The topological polar surface area (TPSA) is 96.0 Å². The summed E-state index contributed by atoms with van der Waals surface area (Å²) in [6.45, 7) is 4.98. The third-order valence-electron chi connectivity index (χ3n) is 6.63. The second kappa shape index (κ2) is 14.4. The molecule has 0 aliphatic rings. The molecule has 43 heavy (non-hydrogen) atoms. The minimum absolute atomic E-state index is 0.0779. The Bertz CT molecular complexity index is 1500. The Morgan fingerprint density at radius 2 is 1.63 bits per heavy atom. The molecule has 12 heteroatoms. The highest BCUT2D eigenvalue weighted by molar-refractivity contribution is 7.92. The first-order chi connectivity index (χ1) is 20.3. The van der Waals surface area contributed by atoms with E-state index in [1.165, 1.54) is 42.3 Å². The zero-order chi connectivity index (χ0) is 31.8. The first-order valence-corrected chi connectivity index (χ1v) is 15.2. The predicted molar refractivity (Wildman–Crippen MR) is 158 cm³/mol. The summed E-state index contributed by atoms with van der Waals surface area (Å²) in [6.07, 6.45) is -4.54. The Morgan fingerprint density at radius 1 is 0.953 bits per heavy atom. The highest BCUT2D eigenvalue weighted by Crippen LogP contribution is 2.33. The van der Waals surface area contributed by atoms with Crippen molar-refractivity contribution in [3.63, 3.8) is 0 Å². The molecule has 3 aromatic carbocycles. The maximum Gasteiger partial charge on any atom is 0.416 e. The molecule has 3 aromatic rings. The van der Waals surface area contributed by atoms with Gasteiger partial charge in [-0.3, -0.25) is 13.9 Å². The van der Waals surface area contributed by atoms with Gasteiger partial charge in [-0.25, -0.2) is 8.42 Å². The molecule has 0 saturated carbocycles. The van der Waals surface area contributed by atoms with Crippen molar-refractivity contribution in [2.45, 2.75) is 50.9 Å². The average Bonchev–Trinajstić information content (AvgIpc) is 2.98. The van der Waals surface area contributed by atoms with E-state index >= 15 is 0 Å². The quantitative estimate of drug-likeness (QED) is 0.273. The van der Waals surface area contributed by atoms with E-state index in [4.69, 9.17) is 4.74 Å². The molecule has 0 spiro atoms. The van der Waals surface area contributed by atoms with Crippen LogP contribution in [0.4, 0.5) is 18.9 Å². The van der Waals surface area contributed by atoms with Crippen molar-refractivity contribution in [3.05, 3.63) is 90.0 Å². The van der Waals surface area contributed by atoms with Gasteiger partial charge >= 0.3 is 6.18 Å². The SMILES string of the molecule is CC[C@@H](C(=O)NCC(C)C)N(Cc1cccc(OC)c1)C(=O)CN(c1cccc(C(F)(F)F)c1)S(=O)(=O)c1ccccc1. The van der Waals surface area contributed by atoms with E-state index in [-0.39, 0.29) is 29.5 Å². The minimum atomic E-state index is -4.75. The van der Waals surface area contributed by atoms with Crippen LogP contribution in [-0.2, 0) is 32.3 Å². The van der Waals surface area contributed by atoms with Crippen LogP contribution < -0.4 is 14.4 Å². The number of benzene rings is 3. The lowest BCUT2D eigenvalue weighted by Gasteiger charge is -2.33. The third-order valence-corrected chi connectivity index (χ3v) is 8.42. The first kappa shape index (κ1) is 33.4. The van der Waals surface area contributed by atoms with Gasteiger partial charge in [0.05, 0.1) is 23.3 Å². The summed E-state index contributed by atoms with van der Waals surface area (Å²) in [6, 6.07) is 16.8. The lowest BCUT2D eigenvalue weighted by Crippen LogP contribution is -2.52. The molecule has 3 rings (SSSR count). The van der Waals surface area contributed by atoms with Crippen LogP contribution in [0, 0.1) is 5.92 Å². The molecule has 0 aliphatic carbocycles. The molecule has 8 nitrogen and oxygen atoms in total. The van der Waals surface area contributed by atoms with Crippen LogP contribution in [0.5, 0.6) is 5.75 Å². The van der Waals surface area contributed by atoms with Crippen LogP contribution in [0.1, 0.15) is 38.3 Å². The second-order valence-corrected chi connectivity index (χ2v) is 12.2. The summed E-state index contributed by atoms with van der Waals surface area (Å²) >= 11 is 0. The number of hydrogen-bond donors (Lipinski definition) is 1. The maximum atomic E-state index is 14.1. The summed E-state index contributed by atoms with van der Waals surface area (Å²) < 4.78 is 74.4. The van der Waals surface area contributed by atoms with Crippen LogP contribution in [0.15, 0.2) is 83.8 Å². The predicted octanol–water partition coefficient (Wildman–Crippen LogP) is 5.49. The number of methoxy groups -OCH3 is 1. The number of anilines is 1. The van der Waals surface area contributed by atoms with E-state index in [1.807, 2.05) is 13.8 Å². The molecule has 0 radical (unpaired) electrons. The van der Waals surface area contributed by atoms with Crippen LogP contribution in [-0.4, -0.2) is 51.4 Å². The molecule has 2 amide bonds. The van der Waals surface area contributed by atoms with Gasteiger partial charge in [0, 0.05) is 13.1 Å². The number of halogens is 3. The summed E-state index contributed by atoms with van der Waals surface area (Å²) in [5, 5.41) is 2.83. The first-order valence-electron chi connectivity index (χ1n) is 13.7. The average molecular weight is 620 g/mol. The number of carbonyl (C=O) groups excluding carboxylic acids is 2. The lowest BCUT2D eigenvalue weighted by atomic mass is 10.1. The van der Waals surface area contributed by atoms with Gasteiger partial charge < -0.3 is 15.0 Å². The highest BCUT2D eigenvalue weighted by Gasteiger charge is 2.36. The summed E-state index contributed by atoms with van der Waals surface area (Å²) in [4.78, 5) is 28.4.